The summed E-state index contributed by atoms with van der Waals surface area (Å²) >= 11 is 0. The smallest absolute Gasteiger partial charge is 0.335 e. The lowest BCUT2D eigenvalue weighted by molar-refractivity contribution is 0.0123. The number of hydrogen-bond acceptors (Lipinski definition) is 6. The van der Waals surface area contributed by atoms with Crippen LogP contribution in [0.1, 0.15) is 28.4 Å². The fourth-order valence-corrected chi connectivity index (χ4v) is 1.57. The van der Waals surface area contributed by atoms with Gasteiger partial charge in [-0.15, -0.1) is 0 Å². The number of rotatable bonds is 5. The molecule has 7 nitrogen and oxygen atoms in total. The number of phenolic OH excluding ortho intramolecular Hbond substituents is 2. The first-order chi connectivity index (χ1) is 8.38. The van der Waals surface area contributed by atoms with E-state index in [9.17, 15) is 25.2 Å². The van der Waals surface area contributed by atoms with Crippen LogP contribution in [-0.4, -0.2) is 44.2 Å². The second kappa shape index (κ2) is 5.67. The van der Waals surface area contributed by atoms with Crippen LogP contribution in [0.25, 0.3) is 0 Å². The van der Waals surface area contributed by atoms with E-state index in [2.05, 4.69) is 0 Å². The third-order valence-corrected chi connectivity index (χ3v) is 2.51. The largest absolute Gasteiger partial charge is 0.507 e. The van der Waals surface area contributed by atoms with Gasteiger partial charge in [0.25, 0.3) is 0 Å². The van der Waals surface area contributed by atoms with Gasteiger partial charge in [0.15, 0.2) is 0 Å². The zero-order chi connectivity index (χ0) is 13.9. The van der Waals surface area contributed by atoms with Gasteiger partial charge in [0, 0.05) is 0 Å². The first-order valence-electron chi connectivity index (χ1n) is 5.23. The molecule has 2 atom stereocenters. The first kappa shape index (κ1) is 14.2. The number of aromatic hydroxyl groups is 2. The number of nitrogens with two attached hydrogens (primary N) is 1. The van der Waals surface area contributed by atoms with E-state index >= 15 is 0 Å². The summed E-state index contributed by atoms with van der Waals surface area (Å²) in [5.41, 5.74) is 4.57. The van der Waals surface area contributed by atoms with Crippen LogP contribution in [0.15, 0.2) is 12.1 Å². The van der Waals surface area contributed by atoms with Gasteiger partial charge in [-0.2, -0.15) is 0 Å². The minimum absolute atomic E-state index is 0.0702. The lowest BCUT2D eigenvalue weighted by atomic mass is 9.98. The fraction of sp³-hybridized carbons (Fsp3) is 0.364. The Morgan fingerprint density at radius 2 is 1.72 bits per heavy atom. The van der Waals surface area contributed by atoms with E-state index in [0.717, 1.165) is 12.1 Å². The highest BCUT2D eigenvalue weighted by Crippen LogP contribution is 2.36. The van der Waals surface area contributed by atoms with Crippen LogP contribution in [0.3, 0.4) is 0 Å². The van der Waals surface area contributed by atoms with Gasteiger partial charge in [-0.3, -0.25) is 0 Å². The number of aliphatic hydroxyl groups is 2. The summed E-state index contributed by atoms with van der Waals surface area (Å²) in [7, 11) is 0. The molecule has 0 spiro atoms. The maximum Gasteiger partial charge on any atom is 0.335 e. The molecule has 2 unspecified atom stereocenters. The molecule has 7 N–H and O–H groups in total. The van der Waals surface area contributed by atoms with E-state index in [1.807, 2.05) is 0 Å². The Morgan fingerprint density at radius 1 is 1.22 bits per heavy atom. The summed E-state index contributed by atoms with van der Waals surface area (Å²) in [6.07, 6.45) is -2.74. The number of carbonyl (C=O) groups is 1. The van der Waals surface area contributed by atoms with Crippen molar-refractivity contribution in [1.82, 2.24) is 0 Å². The molecule has 0 aliphatic heterocycles. The van der Waals surface area contributed by atoms with E-state index in [1.165, 1.54) is 0 Å². The molecule has 0 amide bonds. The van der Waals surface area contributed by atoms with Crippen molar-refractivity contribution in [3.8, 4) is 11.5 Å². The lowest BCUT2D eigenvalue weighted by Crippen LogP contribution is -2.22. The van der Waals surface area contributed by atoms with E-state index in [-0.39, 0.29) is 24.1 Å². The Morgan fingerprint density at radius 3 is 2.11 bits per heavy atom. The fourth-order valence-electron chi connectivity index (χ4n) is 1.57. The zero-order valence-electron chi connectivity index (χ0n) is 9.45. The predicted molar refractivity (Wildman–Crippen MR) is 61.4 cm³/mol. The molecule has 0 heterocycles. The second-order valence-electron chi connectivity index (χ2n) is 3.82. The normalized spacial score (nSPS) is 14.2. The Bertz CT molecular complexity index is 424. The van der Waals surface area contributed by atoms with Crippen molar-refractivity contribution >= 4 is 5.97 Å². The molecule has 0 aromatic heterocycles. The Kier molecular flexibility index (Phi) is 4.49. The van der Waals surface area contributed by atoms with E-state index in [1.54, 1.807) is 0 Å². The third kappa shape index (κ3) is 2.89. The average Bonchev–Trinajstić information content (AvgIpc) is 2.27. The number of phenols is 2. The summed E-state index contributed by atoms with van der Waals surface area (Å²) < 4.78 is 0. The van der Waals surface area contributed by atoms with Gasteiger partial charge in [-0.05, 0) is 25.1 Å². The molecule has 7 heteroatoms. The van der Waals surface area contributed by atoms with Crippen LogP contribution < -0.4 is 5.73 Å². The van der Waals surface area contributed by atoms with Crippen molar-refractivity contribution in [1.29, 1.82) is 0 Å². The van der Waals surface area contributed by atoms with Gasteiger partial charge in [0.05, 0.1) is 17.2 Å². The summed E-state index contributed by atoms with van der Waals surface area (Å²) in [6.45, 7) is 0.118. The Labute approximate surface area is 103 Å². The van der Waals surface area contributed by atoms with Crippen molar-refractivity contribution in [3.05, 3.63) is 23.3 Å². The Balaban J connectivity index is 3.13. The summed E-state index contributed by atoms with van der Waals surface area (Å²) in [6, 6.07) is 1.77. The zero-order valence-corrected chi connectivity index (χ0v) is 9.45. The standard InChI is InChI=1S/C11H15NO6/c12-2-1-6(13)10(16)9-7(14)3-5(11(17)18)4-8(9)15/h3-4,6,10,13-16H,1-2,12H2,(H,17,18). The molecule has 18 heavy (non-hydrogen) atoms. The van der Waals surface area contributed by atoms with Crippen LogP contribution in [0.5, 0.6) is 11.5 Å². The highest BCUT2D eigenvalue weighted by Gasteiger charge is 2.25. The van der Waals surface area contributed by atoms with Crippen molar-refractivity contribution < 1.29 is 30.3 Å². The van der Waals surface area contributed by atoms with Gasteiger partial charge >= 0.3 is 5.97 Å². The van der Waals surface area contributed by atoms with Crippen LogP contribution >= 0.6 is 0 Å². The van der Waals surface area contributed by atoms with Crippen LogP contribution in [0.2, 0.25) is 0 Å². The Hall–Kier alpha value is -1.83. The highest BCUT2D eigenvalue weighted by atomic mass is 16.4. The van der Waals surface area contributed by atoms with Gasteiger partial charge < -0.3 is 31.3 Å². The van der Waals surface area contributed by atoms with Crippen molar-refractivity contribution in [2.45, 2.75) is 18.6 Å². The van der Waals surface area contributed by atoms with Gasteiger partial charge in [0.2, 0.25) is 0 Å². The molecular formula is C11H15NO6. The molecule has 0 radical (unpaired) electrons. The van der Waals surface area contributed by atoms with Crippen LogP contribution in [0.4, 0.5) is 0 Å². The highest BCUT2D eigenvalue weighted by molar-refractivity contribution is 5.89. The molecule has 0 fully saturated rings. The van der Waals surface area contributed by atoms with E-state index in [4.69, 9.17) is 10.8 Å². The number of aliphatic hydroxyl groups excluding tert-OH is 2. The molecule has 0 saturated carbocycles. The van der Waals surface area contributed by atoms with E-state index < -0.39 is 29.7 Å². The quantitative estimate of drug-likeness (QED) is 0.418. The molecular weight excluding hydrogens is 242 g/mol. The minimum atomic E-state index is -1.55. The minimum Gasteiger partial charge on any atom is -0.507 e. The molecule has 1 aromatic rings. The number of aromatic carboxylic acids is 1. The first-order valence-corrected chi connectivity index (χ1v) is 5.23. The number of benzene rings is 1. The topological polar surface area (TPSA) is 144 Å². The summed E-state index contributed by atoms with van der Waals surface area (Å²) in [5, 5.41) is 47.1. The average molecular weight is 257 g/mol. The van der Waals surface area contributed by atoms with Crippen molar-refractivity contribution in [2.75, 3.05) is 6.54 Å². The SMILES string of the molecule is NCCC(O)C(O)c1c(O)cc(C(=O)O)cc1O. The molecule has 0 bridgehead atoms. The lowest BCUT2D eigenvalue weighted by Gasteiger charge is -2.19. The van der Waals surface area contributed by atoms with Gasteiger partial charge in [-0.1, -0.05) is 0 Å². The van der Waals surface area contributed by atoms with Crippen molar-refractivity contribution in [3.63, 3.8) is 0 Å². The summed E-state index contributed by atoms with van der Waals surface area (Å²) in [5.74, 6) is -2.53. The molecule has 0 aliphatic rings. The predicted octanol–water partition coefficient (Wildman–Crippen LogP) is -0.461. The summed E-state index contributed by atoms with van der Waals surface area (Å²) in [4.78, 5) is 10.7. The van der Waals surface area contributed by atoms with Crippen LogP contribution in [0, 0.1) is 0 Å². The van der Waals surface area contributed by atoms with Gasteiger partial charge in [-0.25, -0.2) is 4.79 Å². The molecule has 100 valence electrons. The second-order valence-corrected chi connectivity index (χ2v) is 3.82. The maximum absolute atomic E-state index is 10.7. The number of carboxylic acid groups (broad SMARTS) is 1. The van der Waals surface area contributed by atoms with E-state index in [0.29, 0.717) is 0 Å². The molecule has 0 saturated heterocycles. The maximum atomic E-state index is 10.7. The molecule has 1 rings (SSSR count). The third-order valence-electron chi connectivity index (χ3n) is 2.51. The van der Waals surface area contributed by atoms with Crippen LogP contribution in [-0.2, 0) is 0 Å². The van der Waals surface area contributed by atoms with Gasteiger partial charge in [0.1, 0.15) is 17.6 Å². The molecule has 1 aromatic carbocycles. The van der Waals surface area contributed by atoms with Crippen molar-refractivity contribution in [2.24, 2.45) is 5.73 Å². The monoisotopic (exact) mass is 257 g/mol. The number of carboxylic acids is 1. The molecule has 0 aliphatic carbocycles. The number of hydrogen-bond donors (Lipinski definition) is 6.